The molecule has 1 aromatic heterocycles. The lowest BCUT2D eigenvalue weighted by atomic mass is 9.88. The Morgan fingerprint density at radius 1 is 1.42 bits per heavy atom. The molecule has 0 spiro atoms. The van der Waals surface area contributed by atoms with Gasteiger partial charge < -0.3 is 10.4 Å². The highest BCUT2D eigenvalue weighted by Crippen LogP contribution is 2.20. The Labute approximate surface area is 113 Å². The number of carbonyl (C=O) groups excluding carboxylic acids is 1. The summed E-state index contributed by atoms with van der Waals surface area (Å²) in [6.07, 6.45) is 3.40. The van der Waals surface area contributed by atoms with Crippen LogP contribution in [0.5, 0.6) is 0 Å². The molecule has 1 heterocycles. The monoisotopic (exact) mass is 264 g/mol. The Hall–Kier alpha value is -1.91. The van der Waals surface area contributed by atoms with Crippen molar-refractivity contribution >= 4 is 11.9 Å². The molecule has 0 atom stereocenters. The number of hydrogen-bond acceptors (Lipinski definition) is 3. The molecule has 1 amide bonds. The van der Waals surface area contributed by atoms with Gasteiger partial charge in [0, 0.05) is 18.3 Å². The van der Waals surface area contributed by atoms with Crippen LogP contribution in [0.25, 0.3) is 0 Å². The van der Waals surface area contributed by atoms with Crippen LogP contribution in [0.3, 0.4) is 0 Å². The largest absolute Gasteiger partial charge is 0.477 e. The average Bonchev–Trinajstić information content (AvgIpc) is 2.36. The van der Waals surface area contributed by atoms with E-state index in [1.807, 2.05) is 0 Å². The van der Waals surface area contributed by atoms with E-state index in [1.165, 1.54) is 18.3 Å². The summed E-state index contributed by atoms with van der Waals surface area (Å²) in [7, 11) is 0. The van der Waals surface area contributed by atoms with Crippen LogP contribution >= 0.6 is 0 Å². The molecule has 1 aromatic rings. The molecule has 1 rings (SSSR count). The third-order valence-corrected chi connectivity index (χ3v) is 2.90. The van der Waals surface area contributed by atoms with Gasteiger partial charge >= 0.3 is 5.97 Å². The van der Waals surface area contributed by atoms with E-state index in [-0.39, 0.29) is 17.0 Å². The molecule has 0 aromatic carbocycles. The van der Waals surface area contributed by atoms with Crippen LogP contribution in [-0.4, -0.2) is 28.5 Å². The van der Waals surface area contributed by atoms with Gasteiger partial charge in [-0.05, 0) is 24.0 Å². The fourth-order valence-corrected chi connectivity index (χ4v) is 1.88. The summed E-state index contributed by atoms with van der Waals surface area (Å²) in [5, 5.41) is 11.7. The second kappa shape index (κ2) is 6.31. The molecule has 0 saturated heterocycles. The summed E-state index contributed by atoms with van der Waals surface area (Å²) >= 11 is 0. The molecule has 5 nitrogen and oxygen atoms in total. The molecular weight excluding hydrogens is 244 g/mol. The van der Waals surface area contributed by atoms with E-state index in [9.17, 15) is 9.59 Å². The van der Waals surface area contributed by atoms with Crippen LogP contribution in [-0.2, 0) is 0 Å². The second-order valence-electron chi connectivity index (χ2n) is 5.33. The smallest absolute Gasteiger partial charge is 0.354 e. The van der Waals surface area contributed by atoms with Crippen molar-refractivity contribution in [3.8, 4) is 0 Å². The summed E-state index contributed by atoms with van der Waals surface area (Å²) in [5.74, 6) is -1.41. The van der Waals surface area contributed by atoms with Crippen LogP contribution in [0.15, 0.2) is 18.3 Å². The van der Waals surface area contributed by atoms with E-state index < -0.39 is 5.97 Å². The molecule has 0 fully saturated rings. The Kier molecular flexibility index (Phi) is 5.03. The summed E-state index contributed by atoms with van der Waals surface area (Å²) in [6.45, 7) is 6.84. The number of rotatable bonds is 6. The molecule has 19 heavy (non-hydrogen) atoms. The lowest BCUT2D eigenvalue weighted by Crippen LogP contribution is -2.34. The normalized spacial score (nSPS) is 11.1. The number of nitrogens with zero attached hydrogens (tertiary/aromatic N) is 1. The predicted molar refractivity (Wildman–Crippen MR) is 72.2 cm³/mol. The number of nitrogens with one attached hydrogen (secondary N) is 1. The van der Waals surface area contributed by atoms with Crippen molar-refractivity contribution in [3.05, 3.63) is 29.6 Å². The number of carbonyl (C=O) groups is 2. The zero-order valence-electron chi connectivity index (χ0n) is 11.6. The molecule has 0 unspecified atom stereocenters. The quantitative estimate of drug-likeness (QED) is 0.826. The van der Waals surface area contributed by atoms with Crippen molar-refractivity contribution in [3.63, 3.8) is 0 Å². The minimum Gasteiger partial charge on any atom is -0.477 e. The molecule has 0 bridgehead atoms. The highest BCUT2D eigenvalue weighted by Gasteiger charge is 2.18. The average molecular weight is 264 g/mol. The van der Waals surface area contributed by atoms with E-state index in [1.54, 1.807) is 0 Å². The highest BCUT2D eigenvalue weighted by molar-refractivity contribution is 5.96. The van der Waals surface area contributed by atoms with Gasteiger partial charge in [0.25, 0.3) is 5.91 Å². The van der Waals surface area contributed by atoms with Gasteiger partial charge in [0.1, 0.15) is 5.69 Å². The zero-order chi connectivity index (χ0) is 14.5. The first-order chi connectivity index (χ1) is 8.85. The van der Waals surface area contributed by atoms with E-state index in [0.717, 1.165) is 12.8 Å². The van der Waals surface area contributed by atoms with Gasteiger partial charge in [-0.25, -0.2) is 9.78 Å². The third kappa shape index (κ3) is 4.69. The first-order valence-electron chi connectivity index (χ1n) is 6.33. The standard InChI is InChI=1S/C14H20N2O3/c1-4-6-14(2,3)9-16-12(17)10-5-7-15-11(8-10)13(18)19/h5,7-8H,4,6,9H2,1-3H3,(H,16,17)(H,18,19). The number of hydrogen-bond donors (Lipinski definition) is 2. The Balaban J connectivity index is 2.68. The lowest BCUT2D eigenvalue weighted by molar-refractivity contribution is 0.0690. The third-order valence-electron chi connectivity index (χ3n) is 2.90. The fraction of sp³-hybridized carbons (Fsp3) is 0.500. The number of carboxylic acid groups (broad SMARTS) is 1. The Morgan fingerprint density at radius 2 is 2.11 bits per heavy atom. The molecule has 0 aliphatic rings. The number of aromatic nitrogens is 1. The number of pyridine rings is 1. The minimum atomic E-state index is -1.14. The van der Waals surface area contributed by atoms with E-state index in [4.69, 9.17) is 5.11 Å². The van der Waals surface area contributed by atoms with E-state index in [0.29, 0.717) is 12.1 Å². The molecule has 0 saturated carbocycles. The van der Waals surface area contributed by atoms with Crippen molar-refractivity contribution in [1.82, 2.24) is 10.3 Å². The summed E-state index contributed by atoms with van der Waals surface area (Å²) in [6, 6.07) is 2.79. The van der Waals surface area contributed by atoms with Gasteiger partial charge in [-0.15, -0.1) is 0 Å². The number of aromatic carboxylic acids is 1. The topological polar surface area (TPSA) is 79.3 Å². The van der Waals surface area contributed by atoms with E-state index in [2.05, 4.69) is 31.1 Å². The van der Waals surface area contributed by atoms with Crippen molar-refractivity contribution < 1.29 is 14.7 Å². The van der Waals surface area contributed by atoms with Gasteiger partial charge in [0.2, 0.25) is 0 Å². The molecule has 5 heteroatoms. The van der Waals surface area contributed by atoms with Gasteiger partial charge in [-0.1, -0.05) is 27.2 Å². The first kappa shape index (κ1) is 15.1. The fourth-order valence-electron chi connectivity index (χ4n) is 1.88. The van der Waals surface area contributed by atoms with Gasteiger partial charge in [-0.2, -0.15) is 0 Å². The predicted octanol–water partition coefficient (Wildman–Crippen LogP) is 2.34. The maximum absolute atomic E-state index is 11.9. The van der Waals surface area contributed by atoms with Gasteiger partial charge in [-0.3, -0.25) is 4.79 Å². The Bertz CT molecular complexity index is 470. The number of amides is 1. The van der Waals surface area contributed by atoms with Crippen molar-refractivity contribution in [2.75, 3.05) is 6.54 Å². The molecule has 104 valence electrons. The molecule has 0 aliphatic heterocycles. The summed E-state index contributed by atoms with van der Waals surface area (Å²) < 4.78 is 0. The SMILES string of the molecule is CCCC(C)(C)CNC(=O)c1ccnc(C(=O)O)c1. The summed E-state index contributed by atoms with van der Waals surface area (Å²) in [5.41, 5.74) is 0.229. The van der Waals surface area contributed by atoms with Gasteiger partial charge in [0.05, 0.1) is 0 Å². The zero-order valence-corrected chi connectivity index (χ0v) is 11.6. The van der Waals surface area contributed by atoms with Gasteiger partial charge in [0.15, 0.2) is 0 Å². The van der Waals surface area contributed by atoms with Crippen molar-refractivity contribution in [2.24, 2.45) is 5.41 Å². The van der Waals surface area contributed by atoms with Crippen LogP contribution in [0.4, 0.5) is 0 Å². The molecule has 0 radical (unpaired) electrons. The first-order valence-corrected chi connectivity index (χ1v) is 6.33. The van der Waals surface area contributed by atoms with E-state index >= 15 is 0 Å². The molecule has 0 aliphatic carbocycles. The van der Waals surface area contributed by atoms with Crippen molar-refractivity contribution in [1.29, 1.82) is 0 Å². The Morgan fingerprint density at radius 3 is 2.68 bits per heavy atom. The highest BCUT2D eigenvalue weighted by atomic mass is 16.4. The summed E-state index contributed by atoms with van der Waals surface area (Å²) in [4.78, 5) is 26.4. The minimum absolute atomic E-state index is 0.0348. The lowest BCUT2D eigenvalue weighted by Gasteiger charge is -2.24. The number of carboxylic acids is 1. The van der Waals surface area contributed by atoms with Crippen LogP contribution in [0.1, 0.15) is 54.5 Å². The molecule has 2 N–H and O–H groups in total. The second-order valence-corrected chi connectivity index (χ2v) is 5.33. The maximum atomic E-state index is 11.9. The molecular formula is C14H20N2O3. The van der Waals surface area contributed by atoms with Crippen molar-refractivity contribution in [2.45, 2.75) is 33.6 Å². The van der Waals surface area contributed by atoms with Crippen LogP contribution in [0, 0.1) is 5.41 Å². The maximum Gasteiger partial charge on any atom is 0.354 e. The van der Waals surface area contributed by atoms with Crippen LogP contribution < -0.4 is 5.32 Å². The van der Waals surface area contributed by atoms with Crippen LogP contribution in [0.2, 0.25) is 0 Å².